The van der Waals surface area contributed by atoms with Crippen LogP contribution in [-0.4, -0.2) is 10.9 Å². The molecule has 15 heavy (non-hydrogen) atoms. The minimum Gasteiger partial charge on any atom is -0.302 e. The summed E-state index contributed by atoms with van der Waals surface area (Å²) in [4.78, 5) is 15.8. The standard InChI is InChI=1S/C11H16N2OS/c1-8-7-15-11(12-8)13-10(14)6-9-4-2-3-5-9/h7,9H,2-6H2,1H3,(H,12,13,14). The molecule has 1 aliphatic rings. The molecule has 0 bridgehead atoms. The van der Waals surface area contributed by atoms with Crippen molar-refractivity contribution < 1.29 is 4.79 Å². The van der Waals surface area contributed by atoms with Gasteiger partial charge in [-0.15, -0.1) is 11.3 Å². The van der Waals surface area contributed by atoms with Crippen LogP contribution in [0, 0.1) is 12.8 Å². The van der Waals surface area contributed by atoms with Gasteiger partial charge >= 0.3 is 0 Å². The van der Waals surface area contributed by atoms with E-state index in [-0.39, 0.29) is 5.91 Å². The van der Waals surface area contributed by atoms with Crippen molar-refractivity contribution in [2.75, 3.05) is 5.32 Å². The lowest BCUT2D eigenvalue weighted by molar-refractivity contribution is -0.117. The third-order valence-corrected chi connectivity index (χ3v) is 3.69. The van der Waals surface area contributed by atoms with Gasteiger partial charge in [-0.3, -0.25) is 4.79 Å². The maximum Gasteiger partial charge on any atom is 0.226 e. The number of carbonyl (C=O) groups excluding carboxylic acids is 1. The summed E-state index contributed by atoms with van der Waals surface area (Å²) in [5.74, 6) is 0.724. The smallest absolute Gasteiger partial charge is 0.226 e. The van der Waals surface area contributed by atoms with Gasteiger partial charge in [0.25, 0.3) is 0 Å². The summed E-state index contributed by atoms with van der Waals surface area (Å²) in [6.45, 7) is 1.93. The summed E-state index contributed by atoms with van der Waals surface area (Å²) < 4.78 is 0. The van der Waals surface area contributed by atoms with Crippen LogP contribution in [-0.2, 0) is 4.79 Å². The summed E-state index contributed by atoms with van der Waals surface area (Å²) >= 11 is 1.49. The number of aryl methyl sites for hydroxylation is 1. The van der Waals surface area contributed by atoms with E-state index in [0.717, 1.165) is 10.8 Å². The first-order valence-corrected chi connectivity index (χ1v) is 6.34. The van der Waals surface area contributed by atoms with Gasteiger partial charge in [0.05, 0.1) is 5.69 Å². The minimum atomic E-state index is 0.122. The molecule has 4 heteroatoms. The van der Waals surface area contributed by atoms with Crippen molar-refractivity contribution in [1.82, 2.24) is 4.98 Å². The molecule has 1 amide bonds. The van der Waals surface area contributed by atoms with Gasteiger partial charge < -0.3 is 5.32 Å². The number of carbonyl (C=O) groups is 1. The summed E-state index contributed by atoms with van der Waals surface area (Å²) in [6, 6.07) is 0. The molecule has 1 saturated carbocycles. The SMILES string of the molecule is Cc1csc(NC(=O)CC2CCCC2)n1. The molecule has 2 rings (SSSR count). The molecule has 0 saturated heterocycles. The summed E-state index contributed by atoms with van der Waals surface area (Å²) in [5.41, 5.74) is 0.969. The van der Waals surface area contributed by atoms with Gasteiger partial charge in [0, 0.05) is 11.8 Å². The first kappa shape index (κ1) is 10.6. The second-order valence-electron chi connectivity index (χ2n) is 4.20. The molecule has 3 nitrogen and oxygen atoms in total. The molecule has 0 radical (unpaired) electrons. The van der Waals surface area contributed by atoms with Crippen LogP contribution in [0.3, 0.4) is 0 Å². The molecule has 1 aromatic rings. The monoisotopic (exact) mass is 224 g/mol. The molecule has 1 fully saturated rings. The van der Waals surface area contributed by atoms with Crippen molar-refractivity contribution in [3.63, 3.8) is 0 Å². The molecule has 1 heterocycles. The van der Waals surface area contributed by atoms with Crippen molar-refractivity contribution in [2.45, 2.75) is 39.0 Å². The van der Waals surface area contributed by atoms with E-state index in [9.17, 15) is 4.79 Å². The number of rotatable bonds is 3. The Labute approximate surface area is 93.9 Å². The minimum absolute atomic E-state index is 0.122. The van der Waals surface area contributed by atoms with Gasteiger partial charge in [-0.25, -0.2) is 4.98 Å². The summed E-state index contributed by atoms with van der Waals surface area (Å²) in [7, 11) is 0. The maximum atomic E-state index is 11.6. The zero-order chi connectivity index (χ0) is 10.7. The van der Waals surface area contributed by atoms with Crippen LogP contribution in [0.4, 0.5) is 5.13 Å². The number of hydrogen-bond donors (Lipinski definition) is 1. The van der Waals surface area contributed by atoms with Crippen LogP contribution in [0.2, 0.25) is 0 Å². The number of anilines is 1. The van der Waals surface area contributed by atoms with Crippen molar-refractivity contribution in [2.24, 2.45) is 5.92 Å². The van der Waals surface area contributed by atoms with Crippen LogP contribution >= 0.6 is 11.3 Å². The molecule has 0 spiro atoms. The zero-order valence-corrected chi connectivity index (χ0v) is 9.77. The number of hydrogen-bond acceptors (Lipinski definition) is 3. The Balaban J connectivity index is 1.81. The maximum absolute atomic E-state index is 11.6. The summed E-state index contributed by atoms with van der Waals surface area (Å²) in [5, 5.41) is 5.54. The summed E-state index contributed by atoms with van der Waals surface area (Å²) in [6.07, 6.45) is 5.66. The zero-order valence-electron chi connectivity index (χ0n) is 8.95. The van der Waals surface area contributed by atoms with Gasteiger partial charge in [-0.2, -0.15) is 0 Å². The second kappa shape index (κ2) is 4.75. The lowest BCUT2D eigenvalue weighted by Gasteiger charge is -2.07. The predicted molar refractivity (Wildman–Crippen MR) is 62.1 cm³/mol. The highest BCUT2D eigenvalue weighted by Gasteiger charge is 2.18. The number of aromatic nitrogens is 1. The third kappa shape index (κ3) is 3.02. The predicted octanol–water partition coefficient (Wildman–Crippen LogP) is 2.97. The van der Waals surface area contributed by atoms with Crippen LogP contribution in [0.5, 0.6) is 0 Å². The quantitative estimate of drug-likeness (QED) is 0.857. The van der Waals surface area contributed by atoms with Crippen molar-refractivity contribution in [3.8, 4) is 0 Å². The average molecular weight is 224 g/mol. The topological polar surface area (TPSA) is 42.0 Å². The van der Waals surface area contributed by atoms with Gasteiger partial charge in [0.2, 0.25) is 5.91 Å². The van der Waals surface area contributed by atoms with Crippen LogP contribution in [0.25, 0.3) is 0 Å². The Morgan fingerprint density at radius 2 is 2.33 bits per heavy atom. The van der Waals surface area contributed by atoms with Gasteiger partial charge in [0.1, 0.15) is 0 Å². The van der Waals surface area contributed by atoms with E-state index in [1.165, 1.54) is 37.0 Å². The lowest BCUT2D eigenvalue weighted by atomic mass is 10.0. The van der Waals surface area contributed by atoms with Gasteiger partial charge in [-0.05, 0) is 25.7 Å². The molecular weight excluding hydrogens is 208 g/mol. The first-order chi connectivity index (χ1) is 7.24. The van der Waals surface area contributed by atoms with E-state index in [0.29, 0.717) is 12.3 Å². The molecule has 0 aromatic carbocycles. The molecule has 1 aromatic heterocycles. The Bertz CT molecular complexity index is 342. The van der Waals surface area contributed by atoms with Gasteiger partial charge in [0.15, 0.2) is 5.13 Å². The van der Waals surface area contributed by atoms with Crippen LogP contribution in [0.1, 0.15) is 37.8 Å². The Kier molecular flexibility index (Phi) is 3.36. The molecule has 82 valence electrons. The van der Waals surface area contributed by atoms with Crippen molar-refractivity contribution in [3.05, 3.63) is 11.1 Å². The fourth-order valence-corrected chi connectivity index (χ4v) is 2.76. The van der Waals surface area contributed by atoms with Crippen LogP contribution in [0.15, 0.2) is 5.38 Å². The third-order valence-electron chi connectivity index (χ3n) is 2.81. The fraction of sp³-hybridized carbons (Fsp3) is 0.636. The molecule has 0 atom stereocenters. The molecule has 0 unspecified atom stereocenters. The molecule has 1 N–H and O–H groups in total. The highest BCUT2D eigenvalue weighted by Crippen LogP contribution is 2.28. The fourth-order valence-electron chi connectivity index (χ4n) is 2.06. The highest BCUT2D eigenvalue weighted by atomic mass is 32.1. The number of thiazole rings is 1. The lowest BCUT2D eigenvalue weighted by Crippen LogP contribution is -2.14. The van der Waals surface area contributed by atoms with E-state index >= 15 is 0 Å². The Morgan fingerprint density at radius 1 is 1.60 bits per heavy atom. The Morgan fingerprint density at radius 3 is 2.93 bits per heavy atom. The van der Waals surface area contributed by atoms with Crippen molar-refractivity contribution in [1.29, 1.82) is 0 Å². The number of nitrogens with zero attached hydrogens (tertiary/aromatic N) is 1. The average Bonchev–Trinajstić information content (AvgIpc) is 2.77. The molecule has 1 aliphatic carbocycles. The van der Waals surface area contributed by atoms with E-state index < -0.39 is 0 Å². The first-order valence-electron chi connectivity index (χ1n) is 5.46. The largest absolute Gasteiger partial charge is 0.302 e. The number of nitrogens with one attached hydrogen (secondary N) is 1. The highest BCUT2D eigenvalue weighted by molar-refractivity contribution is 7.13. The van der Waals surface area contributed by atoms with E-state index in [4.69, 9.17) is 0 Å². The van der Waals surface area contributed by atoms with Crippen LogP contribution < -0.4 is 5.32 Å². The molecular formula is C11H16N2OS. The Hall–Kier alpha value is -0.900. The van der Waals surface area contributed by atoms with E-state index in [1.807, 2.05) is 12.3 Å². The molecule has 0 aliphatic heterocycles. The van der Waals surface area contributed by atoms with Gasteiger partial charge in [-0.1, -0.05) is 12.8 Å². The second-order valence-corrected chi connectivity index (χ2v) is 5.05. The number of amides is 1. The van der Waals surface area contributed by atoms with Crippen molar-refractivity contribution >= 4 is 22.4 Å². The van der Waals surface area contributed by atoms with E-state index in [1.54, 1.807) is 0 Å². The van der Waals surface area contributed by atoms with E-state index in [2.05, 4.69) is 10.3 Å². The normalized spacial score (nSPS) is 16.9.